The molecule has 7 nitrogen and oxygen atoms in total. The molecule has 148 valence electrons. The maximum Gasteiger partial charge on any atom is 0.277 e. The first-order chi connectivity index (χ1) is 13.6. The molecule has 29 heavy (non-hydrogen) atoms. The number of fused-ring (bicyclic) bond motifs is 1. The van der Waals surface area contributed by atoms with E-state index in [-0.39, 0.29) is 24.0 Å². The number of carbonyl (C=O) groups is 1. The van der Waals surface area contributed by atoms with Gasteiger partial charge in [-0.15, -0.1) is 12.4 Å². The van der Waals surface area contributed by atoms with Crippen LogP contribution in [0.15, 0.2) is 47.3 Å². The number of anilines is 1. The molecule has 0 saturated heterocycles. The third kappa shape index (κ3) is 3.73. The van der Waals surface area contributed by atoms with Crippen LogP contribution in [0.4, 0.5) is 5.69 Å². The second-order valence-electron chi connectivity index (χ2n) is 7.25. The molecule has 5 rings (SSSR count). The third-order valence-electron chi connectivity index (χ3n) is 4.94. The Bertz CT molecular complexity index is 1210. The van der Waals surface area contributed by atoms with Gasteiger partial charge in [0, 0.05) is 41.8 Å². The predicted octanol–water partition coefficient (Wildman–Crippen LogP) is 4.48. The van der Waals surface area contributed by atoms with Crippen LogP contribution in [0.5, 0.6) is 0 Å². The summed E-state index contributed by atoms with van der Waals surface area (Å²) in [5.41, 5.74) is 4.80. The topological polar surface area (TPSA) is 85.8 Å². The zero-order valence-electron chi connectivity index (χ0n) is 16.0. The van der Waals surface area contributed by atoms with E-state index in [0.29, 0.717) is 11.8 Å². The van der Waals surface area contributed by atoms with Crippen LogP contribution in [0, 0.1) is 6.92 Å². The molecule has 1 fully saturated rings. The van der Waals surface area contributed by atoms with Crippen LogP contribution in [-0.2, 0) is 7.05 Å². The lowest BCUT2D eigenvalue weighted by molar-refractivity contribution is 0.102. The molecule has 1 saturated carbocycles. The fraction of sp³-hybridized carbons (Fsp3) is 0.238. The Labute approximate surface area is 173 Å². The summed E-state index contributed by atoms with van der Waals surface area (Å²) in [4.78, 5) is 21.3. The minimum Gasteiger partial charge on any atom is -0.444 e. The molecule has 0 radical (unpaired) electrons. The van der Waals surface area contributed by atoms with Crippen LogP contribution in [0.3, 0.4) is 0 Å². The van der Waals surface area contributed by atoms with Gasteiger partial charge in [-0.2, -0.15) is 5.10 Å². The Kier molecular flexibility index (Phi) is 4.84. The highest BCUT2D eigenvalue weighted by Gasteiger charge is 2.28. The Balaban J connectivity index is 0.00000205. The molecule has 1 aliphatic carbocycles. The van der Waals surface area contributed by atoms with E-state index in [1.807, 2.05) is 38.4 Å². The Hall–Kier alpha value is -3.19. The number of pyridine rings is 1. The summed E-state index contributed by atoms with van der Waals surface area (Å²) in [6.45, 7) is 1.90. The molecule has 3 heterocycles. The average molecular weight is 410 g/mol. The van der Waals surface area contributed by atoms with Crippen molar-refractivity contribution in [1.29, 1.82) is 0 Å². The number of hydrogen-bond donors (Lipinski definition) is 1. The van der Waals surface area contributed by atoms with Gasteiger partial charge >= 0.3 is 0 Å². The second kappa shape index (κ2) is 7.33. The largest absolute Gasteiger partial charge is 0.444 e. The number of halogens is 1. The van der Waals surface area contributed by atoms with Gasteiger partial charge in [0.25, 0.3) is 5.91 Å². The maximum absolute atomic E-state index is 12.8. The number of hydrogen-bond acceptors (Lipinski definition) is 5. The van der Waals surface area contributed by atoms with Gasteiger partial charge < -0.3 is 9.73 Å². The average Bonchev–Trinajstić information content (AvgIpc) is 3.26. The summed E-state index contributed by atoms with van der Waals surface area (Å²) < 4.78 is 7.30. The van der Waals surface area contributed by atoms with E-state index >= 15 is 0 Å². The van der Waals surface area contributed by atoms with E-state index in [1.165, 1.54) is 6.26 Å². The van der Waals surface area contributed by atoms with Crippen LogP contribution in [0.25, 0.3) is 22.4 Å². The number of oxazole rings is 1. The van der Waals surface area contributed by atoms with Crippen molar-refractivity contribution in [3.8, 4) is 11.5 Å². The van der Waals surface area contributed by atoms with E-state index in [2.05, 4.69) is 26.4 Å². The third-order valence-corrected chi connectivity index (χ3v) is 4.94. The summed E-state index contributed by atoms with van der Waals surface area (Å²) in [7, 11) is 1.90. The van der Waals surface area contributed by atoms with Crippen molar-refractivity contribution in [3.63, 3.8) is 0 Å². The normalized spacial score (nSPS) is 13.3. The van der Waals surface area contributed by atoms with Crippen LogP contribution in [0.1, 0.15) is 40.5 Å². The first kappa shape index (κ1) is 19.1. The monoisotopic (exact) mass is 409 g/mol. The predicted molar refractivity (Wildman–Crippen MR) is 112 cm³/mol. The number of aromatic nitrogens is 4. The Morgan fingerprint density at radius 1 is 1.28 bits per heavy atom. The minimum absolute atomic E-state index is 0. The second-order valence-corrected chi connectivity index (χ2v) is 7.25. The fourth-order valence-electron chi connectivity index (χ4n) is 3.43. The van der Waals surface area contributed by atoms with Crippen molar-refractivity contribution in [2.45, 2.75) is 25.7 Å². The smallest absolute Gasteiger partial charge is 0.277 e. The zero-order valence-corrected chi connectivity index (χ0v) is 16.9. The molecule has 3 aromatic heterocycles. The van der Waals surface area contributed by atoms with Gasteiger partial charge in [-0.1, -0.05) is 0 Å². The summed E-state index contributed by atoms with van der Waals surface area (Å²) in [6.07, 6.45) is 7.30. The molecular formula is C21H20ClN5O2. The Morgan fingerprint density at radius 2 is 2.10 bits per heavy atom. The molecule has 0 bridgehead atoms. The van der Waals surface area contributed by atoms with Crippen molar-refractivity contribution < 1.29 is 9.21 Å². The van der Waals surface area contributed by atoms with Crippen molar-refractivity contribution in [3.05, 3.63) is 59.9 Å². The van der Waals surface area contributed by atoms with Gasteiger partial charge in [-0.3, -0.25) is 14.5 Å². The van der Waals surface area contributed by atoms with E-state index < -0.39 is 0 Å². The molecule has 0 atom stereocenters. The molecule has 1 N–H and O–H groups in total. The maximum atomic E-state index is 12.8. The standard InChI is InChI=1S/C21H19N5O2.ClH/c1-12-7-14(5-6-22-12)21-24-19(11-28-21)20(27)23-18-8-15-10-26(2)25-17(15)9-16(18)13-3-4-13;/h5-11,13H,3-4H2,1-2H3,(H,23,27);1H. The van der Waals surface area contributed by atoms with Crippen molar-refractivity contribution in [1.82, 2.24) is 19.7 Å². The van der Waals surface area contributed by atoms with Gasteiger partial charge in [0.15, 0.2) is 5.69 Å². The lowest BCUT2D eigenvalue weighted by Crippen LogP contribution is -2.13. The van der Waals surface area contributed by atoms with Gasteiger partial charge in [-0.25, -0.2) is 4.98 Å². The molecule has 1 aliphatic rings. The number of rotatable bonds is 4. The Morgan fingerprint density at radius 3 is 2.86 bits per heavy atom. The van der Waals surface area contributed by atoms with E-state index in [0.717, 1.165) is 46.3 Å². The summed E-state index contributed by atoms with van der Waals surface area (Å²) in [5.74, 6) is 0.598. The first-order valence-corrected chi connectivity index (χ1v) is 9.24. The number of aryl methyl sites for hydroxylation is 2. The molecule has 0 spiro atoms. The highest BCUT2D eigenvalue weighted by molar-refractivity contribution is 6.04. The van der Waals surface area contributed by atoms with E-state index in [4.69, 9.17) is 4.42 Å². The summed E-state index contributed by atoms with van der Waals surface area (Å²) in [5, 5.41) is 8.49. The summed E-state index contributed by atoms with van der Waals surface area (Å²) in [6, 6.07) is 7.74. The quantitative estimate of drug-likeness (QED) is 0.537. The number of carbonyl (C=O) groups excluding carboxylic acids is 1. The molecular weight excluding hydrogens is 390 g/mol. The van der Waals surface area contributed by atoms with Crippen molar-refractivity contribution >= 4 is 34.9 Å². The fourth-order valence-corrected chi connectivity index (χ4v) is 3.43. The lowest BCUT2D eigenvalue weighted by Gasteiger charge is -2.09. The SMILES string of the molecule is Cc1cc(-c2nc(C(=O)Nc3cc4cn(C)nc4cc3C3CC3)co2)ccn1.Cl. The van der Waals surface area contributed by atoms with E-state index in [1.54, 1.807) is 10.9 Å². The lowest BCUT2D eigenvalue weighted by atomic mass is 10.1. The van der Waals surface area contributed by atoms with Crippen molar-refractivity contribution in [2.24, 2.45) is 7.05 Å². The van der Waals surface area contributed by atoms with Crippen LogP contribution in [-0.4, -0.2) is 25.7 Å². The first-order valence-electron chi connectivity index (χ1n) is 9.24. The molecule has 4 aromatic rings. The highest BCUT2D eigenvalue weighted by Crippen LogP contribution is 2.44. The van der Waals surface area contributed by atoms with Crippen LogP contribution in [0.2, 0.25) is 0 Å². The van der Waals surface area contributed by atoms with Crippen LogP contribution >= 0.6 is 12.4 Å². The van der Waals surface area contributed by atoms with Gasteiger partial charge in [0.1, 0.15) is 6.26 Å². The molecule has 8 heteroatoms. The van der Waals surface area contributed by atoms with E-state index in [9.17, 15) is 4.79 Å². The van der Waals surface area contributed by atoms with Gasteiger partial charge in [-0.05, 0) is 55.5 Å². The van der Waals surface area contributed by atoms with Gasteiger partial charge in [0.05, 0.1) is 5.52 Å². The van der Waals surface area contributed by atoms with Crippen LogP contribution < -0.4 is 5.32 Å². The number of nitrogens with one attached hydrogen (secondary N) is 1. The highest BCUT2D eigenvalue weighted by atomic mass is 35.5. The molecule has 0 aliphatic heterocycles. The molecule has 1 amide bonds. The van der Waals surface area contributed by atoms with Gasteiger partial charge in [0.2, 0.25) is 5.89 Å². The molecule has 0 unspecified atom stereocenters. The van der Waals surface area contributed by atoms with Crippen molar-refractivity contribution in [2.75, 3.05) is 5.32 Å². The summed E-state index contributed by atoms with van der Waals surface area (Å²) >= 11 is 0. The number of nitrogens with zero attached hydrogens (tertiary/aromatic N) is 4. The molecule has 1 aromatic carbocycles. The zero-order chi connectivity index (χ0) is 19.3. The number of amides is 1. The number of benzene rings is 1. The minimum atomic E-state index is -0.286.